The van der Waals surface area contributed by atoms with Crippen LogP contribution < -0.4 is 4.90 Å². The van der Waals surface area contributed by atoms with Gasteiger partial charge in [0.2, 0.25) is 0 Å². The van der Waals surface area contributed by atoms with E-state index in [1.54, 1.807) is 18.3 Å². The van der Waals surface area contributed by atoms with Crippen molar-refractivity contribution in [1.82, 2.24) is 4.98 Å². The topological polar surface area (TPSA) is 16.1 Å². The zero-order chi connectivity index (χ0) is 20.1. The second-order valence-electron chi connectivity index (χ2n) is 8.49. The van der Waals surface area contributed by atoms with Crippen molar-refractivity contribution in [2.45, 2.75) is 65.7 Å². The van der Waals surface area contributed by atoms with Crippen molar-refractivity contribution in [3.63, 3.8) is 0 Å². The van der Waals surface area contributed by atoms with Gasteiger partial charge in [-0.1, -0.05) is 71.1 Å². The lowest BCUT2D eigenvalue weighted by Gasteiger charge is -2.49. The number of rotatable bonds is 9. The Hall–Kier alpha value is -1.97. The van der Waals surface area contributed by atoms with Crippen molar-refractivity contribution in [2.24, 2.45) is 5.41 Å². The maximum absolute atomic E-state index is 14.7. The molecule has 1 saturated heterocycles. The summed E-state index contributed by atoms with van der Waals surface area (Å²) in [7, 11) is 0. The van der Waals surface area contributed by atoms with Crippen molar-refractivity contribution >= 4 is 5.82 Å². The Morgan fingerprint density at radius 1 is 1.07 bits per heavy atom. The van der Waals surface area contributed by atoms with Gasteiger partial charge in [0.05, 0.1) is 0 Å². The molecule has 1 fully saturated rings. The molecular weight excluding hydrogens is 354 g/mol. The van der Waals surface area contributed by atoms with E-state index in [9.17, 15) is 8.78 Å². The molecule has 2 aromatic rings. The monoisotopic (exact) mass is 386 g/mol. The number of halogens is 2. The Bertz CT molecular complexity index is 797. The lowest BCUT2D eigenvalue weighted by atomic mass is 9.77. The van der Waals surface area contributed by atoms with Gasteiger partial charge in [0, 0.05) is 35.8 Å². The maximum atomic E-state index is 14.7. The number of aryl methyl sites for hydroxylation is 1. The number of anilines is 1. The van der Waals surface area contributed by atoms with Crippen LogP contribution in [-0.2, 0) is 6.42 Å². The lowest BCUT2D eigenvalue weighted by molar-refractivity contribution is 0.212. The summed E-state index contributed by atoms with van der Waals surface area (Å²) in [6.45, 7) is 8.09. The molecule has 2 nitrogen and oxygen atoms in total. The predicted octanol–water partition coefficient (Wildman–Crippen LogP) is 6.78. The van der Waals surface area contributed by atoms with Gasteiger partial charge in [-0.3, -0.25) is 0 Å². The number of nitrogens with zero attached hydrogens (tertiary/aromatic N) is 2. The molecule has 0 aliphatic carbocycles. The van der Waals surface area contributed by atoms with Gasteiger partial charge in [-0.25, -0.2) is 13.8 Å². The number of benzene rings is 1. The molecule has 0 spiro atoms. The fraction of sp³-hybridized carbons (Fsp3) is 0.542. The first-order chi connectivity index (χ1) is 13.5. The van der Waals surface area contributed by atoms with E-state index in [0.717, 1.165) is 13.1 Å². The Labute approximate surface area is 168 Å². The van der Waals surface area contributed by atoms with Crippen LogP contribution >= 0.6 is 0 Å². The van der Waals surface area contributed by atoms with Gasteiger partial charge >= 0.3 is 0 Å². The highest BCUT2D eigenvalue weighted by Crippen LogP contribution is 2.39. The highest BCUT2D eigenvalue weighted by molar-refractivity contribution is 5.66. The second-order valence-corrected chi connectivity index (χ2v) is 8.49. The largest absolute Gasteiger partial charge is 0.353 e. The van der Waals surface area contributed by atoms with Gasteiger partial charge in [-0.15, -0.1) is 0 Å². The van der Waals surface area contributed by atoms with E-state index < -0.39 is 0 Å². The Morgan fingerprint density at radius 2 is 1.82 bits per heavy atom. The van der Waals surface area contributed by atoms with E-state index in [0.29, 0.717) is 28.9 Å². The number of hydrogen-bond donors (Lipinski definition) is 0. The van der Waals surface area contributed by atoms with Crippen LogP contribution in [0, 0.1) is 17.0 Å². The van der Waals surface area contributed by atoms with E-state index in [2.05, 4.69) is 18.8 Å². The number of aromatic nitrogens is 1. The standard InChI is InChI=1S/C24H32F2N2/c1-4-6-7-8-9-13-24(3)16-28(17-24)23-21(25)14-19(15-27-23)20-12-10-11-18(5-2)22(20)26/h10-12,14-15H,4-9,13,16-17H2,1-3H3. The molecule has 0 unspecified atom stereocenters. The number of pyridine rings is 1. The van der Waals surface area contributed by atoms with E-state index in [1.807, 2.05) is 17.9 Å². The summed E-state index contributed by atoms with van der Waals surface area (Å²) in [6, 6.07) is 6.68. The van der Waals surface area contributed by atoms with E-state index in [4.69, 9.17) is 0 Å². The molecule has 4 heteroatoms. The van der Waals surface area contributed by atoms with Crippen LogP contribution in [0.3, 0.4) is 0 Å². The second kappa shape index (κ2) is 9.02. The number of unbranched alkanes of at least 4 members (excludes halogenated alkanes) is 4. The van der Waals surface area contributed by atoms with Crippen LogP contribution in [0.4, 0.5) is 14.6 Å². The molecule has 1 aromatic heterocycles. The Kier molecular flexibility index (Phi) is 6.69. The molecule has 0 bridgehead atoms. The smallest absolute Gasteiger partial charge is 0.166 e. The van der Waals surface area contributed by atoms with Crippen LogP contribution in [0.25, 0.3) is 11.1 Å². The highest BCUT2D eigenvalue weighted by Gasteiger charge is 2.39. The third kappa shape index (κ3) is 4.53. The molecule has 0 atom stereocenters. The third-order valence-corrected chi connectivity index (χ3v) is 5.92. The van der Waals surface area contributed by atoms with Crippen molar-refractivity contribution in [3.05, 3.63) is 47.7 Å². The van der Waals surface area contributed by atoms with Gasteiger partial charge in [0.25, 0.3) is 0 Å². The molecule has 28 heavy (non-hydrogen) atoms. The third-order valence-electron chi connectivity index (χ3n) is 5.92. The van der Waals surface area contributed by atoms with Crippen LogP contribution in [0.2, 0.25) is 0 Å². The molecule has 3 rings (SSSR count). The molecule has 1 aliphatic rings. The van der Waals surface area contributed by atoms with Crippen LogP contribution in [0.1, 0.15) is 64.9 Å². The van der Waals surface area contributed by atoms with Gasteiger partial charge in [0.1, 0.15) is 5.82 Å². The highest BCUT2D eigenvalue weighted by atomic mass is 19.1. The average molecular weight is 387 g/mol. The summed E-state index contributed by atoms with van der Waals surface area (Å²) >= 11 is 0. The lowest BCUT2D eigenvalue weighted by Crippen LogP contribution is -2.55. The molecule has 152 valence electrons. The quantitative estimate of drug-likeness (QED) is 0.442. The van der Waals surface area contributed by atoms with Crippen molar-refractivity contribution < 1.29 is 8.78 Å². The summed E-state index contributed by atoms with van der Waals surface area (Å²) < 4.78 is 29.3. The Morgan fingerprint density at radius 3 is 2.50 bits per heavy atom. The molecule has 0 N–H and O–H groups in total. The maximum Gasteiger partial charge on any atom is 0.166 e. The van der Waals surface area contributed by atoms with Crippen LogP contribution in [0.5, 0.6) is 0 Å². The molecule has 0 radical (unpaired) electrons. The zero-order valence-electron chi connectivity index (χ0n) is 17.4. The average Bonchev–Trinajstić information content (AvgIpc) is 2.66. The minimum absolute atomic E-state index is 0.251. The molecule has 0 amide bonds. The van der Waals surface area contributed by atoms with Crippen LogP contribution in [-0.4, -0.2) is 18.1 Å². The van der Waals surface area contributed by atoms with Gasteiger partial charge in [0.15, 0.2) is 11.6 Å². The van der Waals surface area contributed by atoms with Crippen molar-refractivity contribution in [2.75, 3.05) is 18.0 Å². The summed E-state index contributed by atoms with van der Waals surface area (Å²) in [5, 5.41) is 0. The van der Waals surface area contributed by atoms with Gasteiger partial charge in [-0.05, 0) is 24.5 Å². The van der Waals surface area contributed by atoms with E-state index >= 15 is 0 Å². The minimum Gasteiger partial charge on any atom is -0.353 e. The summed E-state index contributed by atoms with van der Waals surface area (Å²) in [5.41, 5.74) is 1.80. The molecule has 1 aromatic carbocycles. The summed E-state index contributed by atoms with van der Waals surface area (Å²) in [5.74, 6) is -0.262. The fourth-order valence-electron chi connectivity index (χ4n) is 4.22. The first kappa shape index (κ1) is 20.8. The van der Waals surface area contributed by atoms with Gasteiger partial charge in [-0.2, -0.15) is 0 Å². The molecule has 1 aliphatic heterocycles. The normalized spacial score (nSPS) is 15.5. The van der Waals surface area contributed by atoms with Crippen molar-refractivity contribution in [3.8, 4) is 11.1 Å². The molecular formula is C24H32F2N2. The number of hydrogen-bond acceptors (Lipinski definition) is 2. The SMILES string of the molecule is CCCCCCCC1(C)CN(c2ncc(-c3cccc(CC)c3F)cc2F)C1. The van der Waals surface area contributed by atoms with Gasteiger partial charge < -0.3 is 4.90 Å². The first-order valence-electron chi connectivity index (χ1n) is 10.7. The first-order valence-corrected chi connectivity index (χ1v) is 10.7. The van der Waals surface area contributed by atoms with Crippen LogP contribution in [0.15, 0.2) is 30.5 Å². The summed E-state index contributed by atoms with van der Waals surface area (Å²) in [6.07, 6.45) is 9.80. The molecule has 2 heterocycles. The van der Waals surface area contributed by atoms with Crippen molar-refractivity contribution in [1.29, 1.82) is 0 Å². The molecule has 0 saturated carbocycles. The van der Waals surface area contributed by atoms with E-state index in [-0.39, 0.29) is 17.0 Å². The fourth-order valence-corrected chi connectivity index (χ4v) is 4.22. The zero-order valence-corrected chi connectivity index (χ0v) is 17.4. The Balaban J connectivity index is 1.63. The predicted molar refractivity (Wildman–Crippen MR) is 113 cm³/mol. The minimum atomic E-state index is -0.371. The summed E-state index contributed by atoms with van der Waals surface area (Å²) in [4.78, 5) is 6.35. The van der Waals surface area contributed by atoms with E-state index in [1.165, 1.54) is 44.6 Å².